The van der Waals surface area contributed by atoms with Crippen LogP contribution in [-0.4, -0.2) is 68.8 Å². The first-order chi connectivity index (χ1) is 10.5. The molecule has 0 aromatic heterocycles. The number of carboxylic acid groups (broad SMARTS) is 3. The second-order valence-corrected chi connectivity index (χ2v) is 6.63. The average molecular weight is 372 g/mol. The van der Waals surface area contributed by atoms with Crippen LogP contribution in [0.3, 0.4) is 0 Å². The van der Waals surface area contributed by atoms with E-state index in [2.05, 4.69) is 5.73 Å². The van der Waals surface area contributed by atoms with Gasteiger partial charge in [-0.05, 0) is 0 Å². The predicted octanol–water partition coefficient (Wildman–Crippen LogP) is -2.53. The van der Waals surface area contributed by atoms with Gasteiger partial charge in [-0.2, -0.15) is 0 Å². The lowest BCUT2D eigenvalue weighted by Crippen LogP contribution is -2.34. The first kappa shape index (κ1) is 23.7. The van der Waals surface area contributed by atoms with E-state index in [1.807, 2.05) is 0 Å². The van der Waals surface area contributed by atoms with Crippen molar-refractivity contribution in [2.75, 3.05) is 11.5 Å². The summed E-state index contributed by atoms with van der Waals surface area (Å²) in [7, 11) is 2.41. The number of carbonyl (C=O) groups is 4. The molecular weight excluding hydrogens is 352 g/mol. The van der Waals surface area contributed by atoms with Gasteiger partial charge in [0.25, 0.3) is 0 Å². The predicted molar refractivity (Wildman–Crippen MR) is 85.6 cm³/mol. The molecule has 1 amide bonds. The molecule has 0 aliphatic rings. The summed E-state index contributed by atoms with van der Waals surface area (Å²) in [6.45, 7) is 0. The lowest BCUT2D eigenvalue weighted by molar-refractivity contribution is -0.140. The second-order valence-electron chi connectivity index (χ2n) is 4.07. The molecule has 11 nitrogen and oxygen atoms in total. The molecule has 1 unspecified atom stereocenters. The van der Waals surface area contributed by atoms with Gasteiger partial charge in [-0.15, -0.1) is 0 Å². The van der Waals surface area contributed by atoms with Crippen molar-refractivity contribution in [3.05, 3.63) is 0 Å². The highest BCUT2D eigenvalue weighted by atomic mass is 33.1. The largest absolute Gasteiger partial charge is 0.480 e. The van der Waals surface area contributed by atoms with E-state index < -0.39 is 41.9 Å². The summed E-state index contributed by atoms with van der Waals surface area (Å²) in [4.78, 5) is 40.4. The topological polar surface area (TPSA) is 233 Å². The number of carboxylic acids is 3. The Morgan fingerprint density at radius 3 is 1.22 bits per heavy atom. The minimum absolute atomic E-state index is 0.229. The van der Waals surface area contributed by atoms with Crippen LogP contribution in [0.25, 0.3) is 0 Å². The molecule has 3 atom stereocenters. The molecule has 0 spiro atoms. The molecule has 23 heavy (non-hydrogen) atoms. The maximum absolute atomic E-state index is 10.3. The summed E-state index contributed by atoms with van der Waals surface area (Å²) in [5, 5.41) is 24.9. The molecule has 0 saturated heterocycles. The minimum atomic E-state index is -1.21. The lowest BCUT2D eigenvalue weighted by Gasteiger charge is -2.07. The Morgan fingerprint density at radius 1 is 0.739 bits per heavy atom. The van der Waals surface area contributed by atoms with E-state index in [1.54, 1.807) is 0 Å². The highest BCUT2D eigenvalue weighted by Crippen LogP contribution is 2.22. The van der Waals surface area contributed by atoms with Crippen LogP contribution in [0.2, 0.25) is 0 Å². The SMILES string of the molecule is NC(=O)C[C@H](N)C(=O)O.NC(CSSC[C@H](N)C(=O)O)C(=O)O. The Hall–Kier alpha value is -1.54. The van der Waals surface area contributed by atoms with Gasteiger partial charge in [-0.3, -0.25) is 19.2 Å². The molecule has 0 aliphatic heterocycles. The van der Waals surface area contributed by atoms with Gasteiger partial charge in [0.1, 0.15) is 18.1 Å². The zero-order chi connectivity index (χ0) is 18.6. The zero-order valence-electron chi connectivity index (χ0n) is 12.0. The van der Waals surface area contributed by atoms with Gasteiger partial charge < -0.3 is 38.3 Å². The summed E-state index contributed by atoms with van der Waals surface area (Å²) in [6.07, 6.45) is -0.310. The Labute approximate surface area is 139 Å². The molecule has 0 aromatic rings. The third-order valence-corrected chi connectivity index (χ3v) is 4.42. The fourth-order valence-corrected chi connectivity index (χ4v) is 2.92. The van der Waals surface area contributed by atoms with Crippen molar-refractivity contribution in [1.29, 1.82) is 0 Å². The monoisotopic (exact) mass is 372 g/mol. The maximum Gasteiger partial charge on any atom is 0.321 e. The molecule has 0 rings (SSSR count). The van der Waals surface area contributed by atoms with Crippen LogP contribution in [0, 0.1) is 0 Å². The number of primary amides is 1. The molecule has 0 heterocycles. The minimum Gasteiger partial charge on any atom is -0.480 e. The van der Waals surface area contributed by atoms with E-state index in [1.165, 1.54) is 21.6 Å². The van der Waals surface area contributed by atoms with E-state index in [-0.39, 0.29) is 17.9 Å². The third kappa shape index (κ3) is 15.1. The fourth-order valence-electron chi connectivity index (χ4n) is 0.689. The first-order valence-corrected chi connectivity index (χ1v) is 8.45. The second kappa shape index (κ2) is 13.0. The standard InChI is InChI=1S/C6H12N2O4S2.C4H8N2O3/c7-3(5(9)10)1-13-14-2-4(8)6(11)12;5-2(4(8)9)1-3(6)7/h3-4H,1-2,7-8H2,(H,9,10)(H,11,12);2H,1,5H2,(H2,6,7)(H,8,9)/t3-,4?;2-/m00/s1. The number of nitrogens with two attached hydrogens (primary N) is 4. The summed E-state index contributed by atoms with van der Waals surface area (Å²) < 4.78 is 0. The van der Waals surface area contributed by atoms with Crippen LogP contribution < -0.4 is 22.9 Å². The van der Waals surface area contributed by atoms with E-state index in [0.29, 0.717) is 0 Å². The van der Waals surface area contributed by atoms with Gasteiger partial charge in [0.2, 0.25) is 5.91 Å². The first-order valence-electron chi connectivity index (χ1n) is 5.96. The molecule has 0 aliphatic carbocycles. The number of hydrogen-bond donors (Lipinski definition) is 7. The number of carbonyl (C=O) groups excluding carboxylic acids is 1. The summed E-state index contributed by atoms with van der Waals surface area (Å²) in [6, 6.07) is -3.01. The van der Waals surface area contributed by atoms with E-state index in [4.69, 9.17) is 32.5 Å². The van der Waals surface area contributed by atoms with Gasteiger partial charge in [0, 0.05) is 11.5 Å². The van der Waals surface area contributed by atoms with Gasteiger partial charge in [0.05, 0.1) is 6.42 Å². The zero-order valence-corrected chi connectivity index (χ0v) is 13.6. The molecule has 0 bridgehead atoms. The van der Waals surface area contributed by atoms with Crippen LogP contribution in [0.5, 0.6) is 0 Å². The molecule has 0 saturated carbocycles. The van der Waals surface area contributed by atoms with Gasteiger partial charge in [-0.1, -0.05) is 21.6 Å². The van der Waals surface area contributed by atoms with E-state index >= 15 is 0 Å². The van der Waals surface area contributed by atoms with Crippen LogP contribution in [0.4, 0.5) is 0 Å². The maximum atomic E-state index is 10.3. The number of amides is 1. The normalized spacial score (nSPS) is 13.9. The Morgan fingerprint density at radius 2 is 1.04 bits per heavy atom. The smallest absolute Gasteiger partial charge is 0.321 e. The van der Waals surface area contributed by atoms with E-state index in [0.717, 1.165) is 0 Å². The molecule has 11 N–H and O–H groups in total. The van der Waals surface area contributed by atoms with Crippen molar-refractivity contribution in [2.45, 2.75) is 24.5 Å². The molecule has 0 aromatic carbocycles. The third-order valence-electron chi connectivity index (χ3n) is 1.95. The van der Waals surface area contributed by atoms with Gasteiger partial charge >= 0.3 is 17.9 Å². The van der Waals surface area contributed by atoms with Crippen LogP contribution >= 0.6 is 21.6 Å². The molecule has 13 heteroatoms. The van der Waals surface area contributed by atoms with Crippen molar-refractivity contribution in [3.63, 3.8) is 0 Å². The molecule has 134 valence electrons. The Bertz CT molecular complexity index is 402. The summed E-state index contributed by atoms with van der Waals surface area (Å²) in [5.74, 6) is -3.60. The van der Waals surface area contributed by atoms with Crippen molar-refractivity contribution < 1.29 is 34.5 Å². The number of aliphatic carboxylic acids is 3. The van der Waals surface area contributed by atoms with Crippen molar-refractivity contribution >= 4 is 45.4 Å². The highest BCUT2D eigenvalue weighted by molar-refractivity contribution is 8.76. The van der Waals surface area contributed by atoms with Crippen LogP contribution in [-0.2, 0) is 19.2 Å². The highest BCUT2D eigenvalue weighted by Gasteiger charge is 2.14. The van der Waals surface area contributed by atoms with Crippen molar-refractivity contribution in [1.82, 2.24) is 0 Å². The van der Waals surface area contributed by atoms with E-state index in [9.17, 15) is 19.2 Å². The average Bonchev–Trinajstić information content (AvgIpc) is 2.42. The van der Waals surface area contributed by atoms with Crippen LogP contribution in [0.15, 0.2) is 0 Å². The van der Waals surface area contributed by atoms with Gasteiger partial charge in [0.15, 0.2) is 0 Å². The molecular formula is C10H20N4O7S2. The van der Waals surface area contributed by atoms with Gasteiger partial charge in [-0.25, -0.2) is 0 Å². The number of rotatable bonds is 10. The Kier molecular flexibility index (Phi) is 13.4. The summed E-state index contributed by atoms with van der Waals surface area (Å²) in [5.41, 5.74) is 20.0. The quantitative estimate of drug-likeness (QED) is 0.155. The van der Waals surface area contributed by atoms with Crippen molar-refractivity contribution in [2.24, 2.45) is 22.9 Å². The van der Waals surface area contributed by atoms with Crippen molar-refractivity contribution in [3.8, 4) is 0 Å². The lowest BCUT2D eigenvalue weighted by atomic mass is 10.2. The fraction of sp³-hybridized carbons (Fsp3) is 0.600. The molecule has 0 fully saturated rings. The Balaban J connectivity index is 0. The van der Waals surface area contributed by atoms with Crippen LogP contribution in [0.1, 0.15) is 6.42 Å². The number of hydrogen-bond acceptors (Lipinski definition) is 9. The molecule has 0 radical (unpaired) electrons. The summed E-state index contributed by atoms with van der Waals surface area (Å²) >= 11 is 0.